The van der Waals surface area contributed by atoms with E-state index in [2.05, 4.69) is 36.3 Å². The third-order valence-electron chi connectivity index (χ3n) is 5.87. The van der Waals surface area contributed by atoms with Gasteiger partial charge in [-0.1, -0.05) is 18.2 Å². The second-order valence-corrected chi connectivity index (χ2v) is 10.5. The number of carbonyl (C=O) groups excluding carboxylic acids is 3. The predicted molar refractivity (Wildman–Crippen MR) is 156 cm³/mol. The molecule has 16 heteroatoms. The van der Waals surface area contributed by atoms with Crippen molar-refractivity contribution < 1.29 is 32.3 Å². The van der Waals surface area contributed by atoms with Crippen LogP contribution in [-0.2, 0) is 10.9 Å². The van der Waals surface area contributed by atoms with Crippen LogP contribution in [0, 0.1) is 0 Å². The van der Waals surface area contributed by atoms with Crippen molar-refractivity contribution in [3.63, 3.8) is 0 Å². The Hall–Kier alpha value is -5.41. The average molecular weight is 614 g/mol. The normalized spacial score (nSPS) is 11.6. The van der Waals surface area contributed by atoms with Gasteiger partial charge in [0.05, 0.1) is 5.56 Å². The van der Waals surface area contributed by atoms with Crippen LogP contribution < -0.4 is 27.0 Å². The lowest BCUT2D eigenvalue weighted by atomic mass is 10.0. The van der Waals surface area contributed by atoms with Crippen LogP contribution in [-0.4, -0.2) is 56.3 Å². The highest BCUT2D eigenvalue weighted by atomic mass is 19.4. The second-order valence-electron chi connectivity index (χ2n) is 10.5. The number of fused-ring (bicyclic) bond motifs is 1. The van der Waals surface area contributed by atoms with E-state index < -0.39 is 35.5 Å². The molecule has 0 unspecified atom stereocenters. The Balaban J connectivity index is 1.45. The molecule has 232 valence electrons. The maximum Gasteiger partial charge on any atom is 0.433 e. The van der Waals surface area contributed by atoms with Gasteiger partial charge in [0.25, 0.3) is 5.91 Å². The number of hydrogen-bond donors (Lipinski definition) is 5. The molecular weight excluding hydrogens is 583 g/mol. The summed E-state index contributed by atoms with van der Waals surface area (Å²) in [6.07, 6.45) is -2.01. The monoisotopic (exact) mass is 613 g/mol. The first-order valence-corrected chi connectivity index (χ1v) is 13.3. The molecule has 0 saturated heterocycles. The highest BCUT2D eigenvalue weighted by Crippen LogP contribution is 2.33. The van der Waals surface area contributed by atoms with Crippen molar-refractivity contribution in [2.45, 2.75) is 39.0 Å². The van der Waals surface area contributed by atoms with E-state index in [4.69, 9.17) is 10.5 Å². The summed E-state index contributed by atoms with van der Waals surface area (Å²) in [6.45, 7) is 5.80. The predicted octanol–water partition coefficient (Wildman–Crippen LogP) is 4.68. The standard InChI is InChI=1S/C28H30F3N9O4/c1-27(2,3)44-26(43)34-13-5-12-33-24(41)18-14-40-22(23(32)35-15-36-40)21(18)16-8-10-17(11-9-16)37-25(42)39-20-7-4-6-19(38-20)28(29,30)31/h4,6-11,14-15H,5,12-13H2,1-3H3,(H,33,41)(H,34,43)(H2,32,35,36)(H2,37,38,39,42). The van der Waals surface area contributed by atoms with Crippen LogP contribution in [0.15, 0.2) is 55.0 Å². The second kappa shape index (κ2) is 12.8. The zero-order valence-corrected chi connectivity index (χ0v) is 24.0. The van der Waals surface area contributed by atoms with Crippen LogP contribution in [0.2, 0.25) is 0 Å². The number of alkyl carbamates (subject to hydrolysis) is 1. The molecule has 6 N–H and O–H groups in total. The fourth-order valence-electron chi connectivity index (χ4n) is 4.05. The third kappa shape index (κ3) is 8.11. The number of rotatable bonds is 8. The lowest BCUT2D eigenvalue weighted by molar-refractivity contribution is -0.141. The summed E-state index contributed by atoms with van der Waals surface area (Å²) in [7, 11) is 0. The van der Waals surface area contributed by atoms with Crippen LogP contribution in [0.3, 0.4) is 0 Å². The van der Waals surface area contributed by atoms with Gasteiger partial charge in [0.1, 0.15) is 29.0 Å². The van der Waals surface area contributed by atoms with Gasteiger partial charge in [0, 0.05) is 30.5 Å². The average Bonchev–Trinajstić information content (AvgIpc) is 3.33. The van der Waals surface area contributed by atoms with Gasteiger partial charge in [-0.05, 0) is 57.0 Å². The van der Waals surface area contributed by atoms with E-state index >= 15 is 0 Å². The third-order valence-corrected chi connectivity index (χ3v) is 5.87. The molecule has 3 aromatic heterocycles. The molecule has 4 aromatic rings. The molecular formula is C28H30F3N9O4. The number of amides is 4. The van der Waals surface area contributed by atoms with E-state index in [1.807, 2.05) is 0 Å². The SMILES string of the molecule is CC(C)(C)OC(=O)NCCCNC(=O)c1cn2ncnc(N)c2c1-c1ccc(NC(=O)Nc2cccc(C(F)(F)F)n2)cc1. The van der Waals surface area contributed by atoms with Crippen molar-refractivity contribution in [3.8, 4) is 11.1 Å². The van der Waals surface area contributed by atoms with Crippen LogP contribution in [0.4, 0.5) is 40.1 Å². The molecule has 13 nitrogen and oxygen atoms in total. The quantitative estimate of drug-likeness (QED) is 0.178. The van der Waals surface area contributed by atoms with Gasteiger partial charge in [-0.25, -0.2) is 24.1 Å². The number of urea groups is 1. The smallest absolute Gasteiger partial charge is 0.433 e. The van der Waals surface area contributed by atoms with Gasteiger partial charge < -0.3 is 26.4 Å². The molecule has 0 bridgehead atoms. The first-order valence-electron chi connectivity index (χ1n) is 13.3. The van der Waals surface area contributed by atoms with Crippen LogP contribution in [0.5, 0.6) is 0 Å². The fourth-order valence-corrected chi connectivity index (χ4v) is 4.05. The number of ether oxygens (including phenoxy) is 1. The summed E-state index contributed by atoms with van der Waals surface area (Å²) in [6, 6.07) is 8.69. The van der Waals surface area contributed by atoms with Crippen LogP contribution >= 0.6 is 0 Å². The van der Waals surface area contributed by atoms with Crippen molar-refractivity contribution in [1.29, 1.82) is 0 Å². The van der Waals surface area contributed by atoms with Crippen molar-refractivity contribution in [1.82, 2.24) is 30.2 Å². The Morgan fingerprint density at radius 3 is 2.36 bits per heavy atom. The van der Waals surface area contributed by atoms with E-state index in [1.54, 1.807) is 45.0 Å². The van der Waals surface area contributed by atoms with Crippen molar-refractivity contribution in [3.05, 3.63) is 66.2 Å². The van der Waals surface area contributed by atoms with E-state index in [9.17, 15) is 27.6 Å². The largest absolute Gasteiger partial charge is 0.444 e. The number of pyridine rings is 1. The Labute approximate surface area is 249 Å². The van der Waals surface area contributed by atoms with Crippen molar-refractivity contribution in [2.24, 2.45) is 0 Å². The number of alkyl halides is 3. The lowest BCUT2D eigenvalue weighted by Gasteiger charge is -2.19. The summed E-state index contributed by atoms with van der Waals surface area (Å²) in [5, 5.41) is 14.4. The highest BCUT2D eigenvalue weighted by Gasteiger charge is 2.32. The lowest BCUT2D eigenvalue weighted by Crippen LogP contribution is -2.34. The van der Waals surface area contributed by atoms with E-state index in [0.717, 1.165) is 12.1 Å². The fraction of sp³-hybridized carbons (Fsp3) is 0.286. The van der Waals surface area contributed by atoms with Gasteiger partial charge in [-0.15, -0.1) is 0 Å². The minimum absolute atomic E-state index is 0.130. The molecule has 0 aliphatic rings. The number of aromatic nitrogens is 4. The zero-order chi connectivity index (χ0) is 32.1. The Kier molecular flexibility index (Phi) is 9.20. The molecule has 0 aliphatic carbocycles. The maximum atomic E-state index is 13.2. The summed E-state index contributed by atoms with van der Waals surface area (Å²) >= 11 is 0. The molecule has 0 spiro atoms. The highest BCUT2D eigenvalue weighted by molar-refractivity contribution is 6.07. The van der Waals surface area contributed by atoms with Crippen LogP contribution in [0.1, 0.15) is 43.2 Å². The van der Waals surface area contributed by atoms with E-state index in [0.29, 0.717) is 28.8 Å². The minimum atomic E-state index is -4.66. The molecule has 0 fully saturated rings. The molecule has 0 aliphatic heterocycles. The molecule has 0 saturated carbocycles. The summed E-state index contributed by atoms with van der Waals surface area (Å²) in [5.41, 5.74) is 6.32. The van der Waals surface area contributed by atoms with Crippen LogP contribution in [0.25, 0.3) is 16.6 Å². The number of carbonyl (C=O) groups is 3. The summed E-state index contributed by atoms with van der Waals surface area (Å²) in [4.78, 5) is 44.9. The Morgan fingerprint density at radius 1 is 0.977 bits per heavy atom. The summed E-state index contributed by atoms with van der Waals surface area (Å²) < 4.78 is 45.4. The van der Waals surface area contributed by atoms with Gasteiger partial charge in [0.15, 0.2) is 5.82 Å². The Morgan fingerprint density at radius 2 is 1.68 bits per heavy atom. The zero-order valence-electron chi connectivity index (χ0n) is 24.0. The summed E-state index contributed by atoms with van der Waals surface area (Å²) in [5.74, 6) is -0.566. The number of nitrogen functional groups attached to an aromatic ring is 1. The van der Waals surface area contributed by atoms with Crippen molar-refractivity contribution >= 4 is 40.9 Å². The van der Waals surface area contributed by atoms with E-state index in [-0.39, 0.29) is 30.3 Å². The van der Waals surface area contributed by atoms with Gasteiger partial charge in [-0.2, -0.15) is 18.3 Å². The van der Waals surface area contributed by atoms with Gasteiger partial charge in [-0.3, -0.25) is 10.1 Å². The van der Waals surface area contributed by atoms with E-state index in [1.165, 1.54) is 23.1 Å². The molecule has 4 rings (SSSR count). The topological polar surface area (TPSA) is 178 Å². The first-order chi connectivity index (χ1) is 20.7. The number of halogens is 3. The molecule has 0 radical (unpaired) electrons. The first kappa shape index (κ1) is 31.5. The number of nitrogens with one attached hydrogen (secondary N) is 4. The van der Waals surface area contributed by atoms with Gasteiger partial charge >= 0.3 is 18.3 Å². The Bertz CT molecular complexity index is 1670. The molecule has 0 atom stereocenters. The van der Waals surface area contributed by atoms with Crippen molar-refractivity contribution in [2.75, 3.05) is 29.5 Å². The van der Waals surface area contributed by atoms with Gasteiger partial charge in [0.2, 0.25) is 0 Å². The minimum Gasteiger partial charge on any atom is -0.444 e. The maximum absolute atomic E-state index is 13.2. The number of nitrogens with zero attached hydrogens (tertiary/aromatic N) is 4. The molecule has 4 amide bonds. The number of benzene rings is 1. The molecule has 3 heterocycles. The number of anilines is 3. The number of hydrogen-bond acceptors (Lipinski definition) is 8. The molecule has 1 aromatic carbocycles. The molecule has 44 heavy (non-hydrogen) atoms. The number of nitrogens with two attached hydrogens (primary N) is 1.